The van der Waals surface area contributed by atoms with Crippen LogP contribution in [0.4, 0.5) is 15.8 Å². The zero-order valence-corrected chi connectivity index (χ0v) is 14.0. The standard InChI is InChI=1S/C19H19FN2O4/c20-16-12-15(22(25)26)6-7-17(16)21-10-8-14(9-11-21)18(19(23)24)13-4-2-1-3-5-13/h1-7,12,14,18H,8-11H2,(H,23,24). The van der Waals surface area contributed by atoms with Crippen LogP contribution in [0.3, 0.4) is 0 Å². The van der Waals surface area contributed by atoms with Gasteiger partial charge in [0.25, 0.3) is 5.69 Å². The molecule has 0 bridgehead atoms. The molecule has 1 saturated heterocycles. The maximum atomic E-state index is 14.2. The summed E-state index contributed by atoms with van der Waals surface area (Å²) in [5, 5.41) is 20.4. The van der Waals surface area contributed by atoms with Crippen LogP contribution in [0.2, 0.25) is 0 Å². The monoisotopic (exact) mass is 358 g/mol. The van der Waals surface area contributed by atoms with Gasteiger partial charge < -0.3 is 10.0 Å². The van der Waals surface area contributed by atoms with Gasteiger partial charge in [0.2, 0.25) is 0 Å². The van der Waals surface area contributed by atoms with Gasteiger partial charge in [-0.05, 0) is 30.4 Å². The van der Waals surface area contributed by atoms with Gasteiger partial charge in [0, 0.05) is 19.2 Å². The highest BCUT2D eigenvalue weighted by atomic mass is 19.1. The van der Waals surface area contributed by atoms with Crippen molar-refractivity contribution in [2.45, 2.75) is 18.8 Å². The van der Waals surface area contributed by atoms with E-state index in [1.165, 1.54) is 12.1 Å². The topological polar surface area (TPSA) is 83.7 Å². The molecule has 3 rings (SSSR count). The summed E-state index contributed by atoms with van der Waals surface area (Å²) in [4.78, 5) is 23.7. The second kappa shape index (κ2) is 7.51. The van der Waals surface area contributed by atoms with Crippen LogP contribution < -0.4 is 4.90 Å². The Morgan fingerprint density at radius 3 is 2.38 bits per heavy atom. The molecule has 2 aromatic rings. The third kappa shape index (κ3) is 3.66. The van der Waals surface area contributed by atoms with Gasteiger partial charge in [0.15, 0.2) is 5.82 Å². The number of aliphatic carboxylic acids is 1. The van der Waals surface area contributed by atoms with Crippen LogP contribution in [0.15, 0.2) is 48.5 Å². The Bertz CT molecular complexity index is 804. The zero-order chi connectivity index (χ0) is 18.7. The number of nitro benzene ring substituents is 1. The number of non-ortho nitro benzene ring substituents is 1. The highest BCUT2D eigenvalue weighted by Crippen LogP contribution is 2.35. The van der Waals surface area contributed by atoms with Crippen molar-refractivity contribution >= 4 is 17.3 Å². The molecule has 1 aliphatic heterocycles. The number of piperidine rings is 1. The number of hydrogen-bond donors (Lipinski definition) is 1. The summed E-state index contributed by atoms with van der Waals surface area (Å²) in [7, 11) is 0. The number of rotatable bonds is 5. The van der Waals surface area contributed by atoms with E-state index in [9.17, 15) is 24.4 Å². The maximum absolute atomic E-state index is 14.2. The van der Waals surface area contributed by atoms with Crippen molar-refractivity contribution < 1.29 is 19.2 Å². The Hall–Kier alpha value is -2.96. The fraction of sp³-hybridized carbons (Fsp3) is 0.316. The summed E-state index contributed by atoms with van der Waals surface area (Å²) in [6.45, 7) is 1.02. The molecule has 0 spiro atoms. The summed E-state index contributed by atoms with van der Waals surface area (Å²) in [5.41, 5.74) is 0.816. The van der Waals surface area contributed by atoms with Crippen molar-refractivity contribution in [3.63, 3.8) is 0 Å². The molecule has 26 heavy (non-hydrogen) atoms. The molecule has 6 nitrogen and oxygen atoms in total. The lowest BCUT2D eigenvalue weighted by Gasteiger charge is -2.36. The minimum absolute atomic E-state index is 0.0349. The van der Waals surface area contributed by atoms with Gasteiger partial charge in [0.05, 0.1) is 22.6 Å². The fourth-order valence-corrected chi connectivity index (χ4v) is 3.62. The van der Waals surface area contributed by atoms with Crippen molar-refractivity contribution in [1.82, 2.24) is 0 Å². The third-order valence-electron chi connectivity index (χ3n) is 4.92. The van der Waals surface area contributed by atoms with Crippen molar-refractivity contribution in [3.8, 4) is 0 Å². The fourth-order valence-electron chi connectivity index (χ4n) is 3.62. The third-order valence-corrected chi connectivity index (χ3v) is 4.92. The van der Waals surface area contributed by atoms with Crippen LogP contribution >= 0.6 is 0 Å². The Labute approximate surface area is 150 Å². The molecule has 0 aromatic heterocycles. The molecular weight excluding hydrogens is 339 g/mol. The summed E-state index contributed by atoms with van der Waals surface area (Å²) in [6.07, 6.45) is 1.23. The first-order valence-corrected chi connectivity index (χ1v) is 8.44. The first-order chi connectivity index (χ1) is 12.5. The summed E-state index contributed by atoms with van der Waals surface area (Å²) >= 11 is 0. The quantitative estimate of drug-likeness (QED) is 0.649. The number of halogens is 1. The molecule has 1 aliphatic rings. The minimum Gasteiger partial charge on any atom is -0.481 e. The van der Waals surface area contributed by atoms with Gasteiger partial charge in [-0.2, -0.15) is 0 Å². The highest BCUT2D eigenvalue weighted by Gasteiger charge is 2.33. The van der Waals surface area contributed by atoms with E-state index in [1.54, 1.807) is 0 Å². The second-order valence-corrected chi connectivity index (χ2v) is 6.44. The van der Waals surface area contributed by atoms with E-state index in [0.29, 0.717) is 31.6 Å². The van der Waals surface area contributed by atoms with Gasteiger partial charge in [0.1, 0.15) is 0 Å². The normalized spacial score (nSPS) is 16.3. The first-order valence-electron chi connectivity index (χ1n) is 8.44. The summed E-state index contributed by atoms with van der Waals surface area (Å²) < 4.78 is 14.2. The van der Waals surface area contributed by atoms with E-state index in [0.717, 1.165) is 11.6 Å². The van der Waals surface area contributed by atoms with E-state index in [1.807, 2.05) is 35.2 Å². The molecule has 0 aliphatic carbocycles. The molecule has 1 atom stereocenters. The number of hydrogen-bond acceptors (Lipinski definition) is 4. The van der Waals surface area contributed by atoms with Crippen LogP contribution in [0.5, 0.6) is 0 Å². The Morgan fingerprint density at radius 2 is 1.85 bits per heavy atom. The van der Waals surface area contributed by atoms with Gasteiger partial charge >= 0.3 is 5.97 Å². The van der Waals surface area contributed by atoms with E-state index in [-0.39, 0.29) is 11.6 Å². The smallest absolute Gasteiger partial charge is 0.311 e. The van der Waals surface area contributed by atoms with Gasteiger partial charge in [-0.25, -0.2) is 4.39 Å². The van der Waals surface area contributed by atoms with Crippen molar-refractivity contribution in [2.24, 2.45) is 5.92 Å². The predicted molar refractivity (Wildman–Crippen MR) is 94.8 cm³/mol. The van der Waals surface area contributed by atoms with E-state index < -0.39 is 22.6 Å². The highest BCUT2D eigenvalue weighted by molar-refractivity contribution is 5.76. The second-order valence-electron chi connectivity index (χ2n) is 6.44. The molecular formula is C19H19FN2O4. The number of benzene rings is 2. The van der Waals surface area contributed by atoms with E-state index >= 15 is 0 Å². The molecule has 1 heterocycles. The zero-order valence-electron chi connectivity index (χ0n) is 14.0. The number of carboxylic acid groups (broad SMARTS) is 1. The van der Waals surface area contributed by atoms with Crippen molar-refractivity contribution in [3.05, 3.63) is 70.0 Å². The van der Waals surface area contributed by atoms with Gasteiger partial charge in [-0.1, -0.05) is 30.3 Å². The molecule has 0 amide bonds. The average molecular weight is 358 g/mol. The van der Waals surface area contributed by atoms with Gasteiger partial charge in [-0.15, -0.1) is 0 Å². The Kier molecular flexibility index (Phi) is 5.16. The summed E-state index contributed by atoms with van der Waals surface area (Å²) in [6, 6.07) is 12.8. The SMILES string of the molecule is O=C(O)C(c1ccccc1)C1CCN(c2ccc([N+](=O)[O-])cc2F)CC1. The molecule has 1 N–H and O–H groups in total. The van der Waals surface area contributed by atoms with Crippen molar-refractivity contribution in [2.75, 3.05) is 18.0 Å². The number of nitro groups is 1. The Balaban J connectivity index is 1.72. The Morgan fingerprint density at radius 1 is 1.19 bits per heavy atom. The number of nitrogens with zero attached hydrogens (tertiary/aromatic N) is 2. The molecule has 0 saturated carbocycles. The number of anilines is 1. The molecule has 1 fully saturated rings. The lowest BCUT2D eigenvalue weighted by atomic mass is 9.80. The minimum atomic E-state index is -0.851. The lowest BCUT2D eigenvalue weighted by Crippen LogP contribution is -2.37. The van der Waals surface area contributed by atoms with Crippen LogP contribution in [0, 0.1) is 21.8 Å². The van der Waals surface area contributed by atoms with E-state index in [2.05, 4.69) is 0 Å². The average Bonchev–Trinajstić information content (AvgIpc) is 2.63. The van der Waals surface area contributed by atoms with Crippen LogP contribution in [0.25, 0.3) is 0 Å². The van der Waals surface area contributed by atoms with Crippen molar-refractivity contribution in [1.29, 1.82) is 0 Å². The predicted octanol–water partition coefficient (Wildman–Crippen LogP) is 3.82. The first kappa shape index (κ1) is 17.8. The molecule has 136 valence electrons. The molecule has 2 aromatic carbocycles. The number of carboxylic acids is 1. The van der Waals surface area contributed by atoms with Crippen LogP contribution in [-0.2, 0) is 4.79 Å². The lowest BCUT2D eigenvalue weighted by molar-refractivity contribution is -0.385. The largest absolute Gasteiger partial charge is 0.481 e. The van der Waals surface area contributed by atoms with Gasteiger partial charge in [-0.3, -0.25) is 14.9 Å². The molecule has 1 unspecified atom stereocenters. The van der Waals surface area contributed by atoms with E-state index in [4.69, 9.17) is 0 Å². The summed E-state index contributed by atoms with van der Waals surface area (Å²) in [5.74, 6) is -2.10. The number of carbonyl (C=O) groups is 1. The molecule has 0 radical (unpaired) electrons. The van der Waals surface area contributed by atoms with Crippen LogP contribution in [0.1, 0.15) is 24.3 Å². The van der Waals surface area contributed by atoms with Crippen LogP contribution in [-0.4, -0.2) is 29.1 Å². The molecule has 7 heteroatoms. The maximum Gasteiger partial charge on any atom is 0.311 e.